The zero-order valence-corrected chi connectivity index (χ0v) is 11.3. The molecule has 2 atom stereocenters. The van der Waals surface area contributed by atoms with Gasteiger partial charge >= 0.3 is 0 Å². The topological polar surface area (TPSA) is 29.5 Å². The molecule has 0 aromatic heterocycles. The number of carbonyl (C=O) groups is 1. The molecule has 0 aliphatic carbocycles. The van der Waals surface area contributed by atoms with Crippen molar-refractivity contribution in [3.8, 4) is 0 Å². The first-order valence-electron chi connectivity index (χ1n) is 5.90. The van der Waals surface area contributed by atoms with Gasteiger partial charge in [-0.05, 0) is 32.0 Å². The molecule has 1 fully saturated rings. The summed E-state index contributed by atoms with van der Waals surface area (Å²) in [4.78, 5) is 14.3. The van der Waals surface area contributed by atoms with E-state index in [9.17, 15) is 9.18 Å². The standard InChI is InChI=1S/C13H16FNO2S/c1-8-7-17-9(2)6-15(8)13(16)10-3-4-11(14)12(18)5-10/h3-5,8-9,18H,6-7H2,1-2H3. The molecule has 3 nitrogen and oxygen atoms in total. The molecule has 0 N–H and O–H groups in total. The zero-order chi connectivity index (χ0) is 13.3. The Kier molecular flexibility index (Phi) is 3.92. The highest BCUT2D eigenvalue weighted by molar-refractivity contribution is 7.80. The Morgan fingerprint density at radius 3 is 2.89 bits per heavy atom. The highest BCUT2D eigenvalue weighted by Gasteiger charge is 2.28. The zero-order valence-electron chi connectivity index (χ0n) is 10.4. The number of thiol groups is 1. The van der Waals surface area contributed by atoms with Crippen LogP contribution in [-0.2, 0) is 4.74 Å². The van der Waals surface area contributed by atoms with Gasteiger partial charge in [-0.1, -0.05) is 0 Å². The van der Waals surface area contributed by atoms with Crippen LogP contribution in [0.5, 0.6) is 0 Å². The minimum absolute atomic E-state index is 0.0288. The first-order valence-corrected chi connectivity index (χ1v) is 6.35. The van der Waals surface area contributed by atoms with Gasteiger partial charge in [-0.15, -0.1) is 12.6 Å². The number of morpholine rings is 1. The fourth-order valence-electron chi connectivity index (χ4n) is 2.00. The third-order valence-corrected chi connectivity index (χ3v) is 3.40. The number of hydrogen-bond donors (Lipinski definition) is 1. The molecule has 0 radical (unpaired) electrons. The average molecular weight is 269 g/mol. The van der Waals surface area contributed by atoms with Crippen LogP contribution in [-0.4, -0.2) is 36.1 Å². The normalized spacial score (nSPS) is 24.1. The minimum Gasteiger partial charge on any atom is -0.375 e. The van der Waals surface area contributed by atoms with E-state index in [0.717, 1.165) is 0 Å². The van der Waals surface area contributed by atoms with Crippen LogP contribution in [0.15, 0.2) is 23.1 Å². The average Bonchev–Trinajstić information content (AvgIpc) is 2.35. The molecule has 18 heavy (non-hydrogen) atoms. The molecule has 2 rings (SSSR count). The van der Waals surface area contributed by atoms with Crippen LogP contribution in [0.25, 0.3) is 0 Å². The van der Waals surface area contributed by atoms with Gasteiger partial charge in [0.15, 0.2) is 0 Å². The van der Waals surface area contributed by atoms with Crippen molar-refractivity contribution in [1.29, 1.82) is 0 Å². The van der Waals surface area contributed by atoms with Gasteiger partial charge in [0.25, 0.3) is 5.91 Å². The van der Waals surface area contributed by atoms with E-state index in [-0.39, 0.29) is 22.9 Å². The number of halogens is 1. The third-order valence-electron chi connectivity index (χ3n) is 3.06. The van der Waals surface area contributed by atoms with Crippen molar-refractivity contribution < 1.29 is 13.9 Å². The van der Waals surface area contributed by atoms with Crippen LogP contribution in [0.4, 0.5) is 4.39 Å². The minimum atomic E-state index is -0.418. The van der Waals surface area contributed by atoms with E-state index >= 15 is 0 Å². The smallest absolute Gasteiger partial charge is 0.254 e. The summed E-state index contributed by atoms with van der Waals surface area (Å²) in [6.45, 7) is 4.96. The number of ether oxygens (including phenoxy) is 1. The number of nitrogens with zero attached hydrogens (tertiary/aromatic N) is 1. The van der Waals surface area contributed by atoms with Gasteiger partial charge in [0, 0.05) is 17.0 Å². The molecule has 1 aliphatic rings. The van der Waals surface area contributed by atoms with Crippen LogP contribution < -0.4 is 0 Å². The Morgan fingerprint density at radius 2 is 2.22 bits per heavy atom. The molecular formula is C13H16FNO2S. The van der Waals surface area contributed by atoms with E-state index in [0.29, 0.717) is 18.7 Å². The summed E-state index contributed by atoms with van der Waals surface area (Å²) >= 11 is 4.00. The molecule has 1 amide bonds. The van der Waals surface area contributed by atoms with Crippen molar-refractivity contribution in [1.82, 2.24) is 4.90 Å². The molecule has 1 aromatic rings. The molecule has 1 aromatic carbocycles. The van der Waals surface area contributed by atoms with Crippen LogP contribution in [0.3, 0.4) is 0 Å². The molecule has 2 unspecified atom stereocenters. The number of rotatable bonds is 1. The second-order valence-corrected chi connectivity index (χ2v) is 5.10. The predicted octanol–water partition coefficient (Wildman–Crippen LogP) is 2.36. The van der Waals surface area contributed by atoms with Crippen LogP contribution >= 0.6 is 12.6 Å². The summed E-state index contributed by atoms with van der Waals surface area (Å²) in [5.41, 5.74) is 0.461. The summed E-state index contributed by atoms with van der Waals surface area (Å²) in [7, 11) is 0. The maximum atomic E-state index is 13.1. The van der Waals surface area contributed by atoms with Crippen molar-refractivity contribution in [2.75, 3.05) is 13.2 Å². The number of hydrogen-bond acceptors (Lipinski definition) is 3. The summed E-state index contributed by atoms with van der Waals surface area (Å²) in [5, 5.41) is 0. The maximum absolute atomic E-state index is 13.1. The molecule has 1 saturated heterocycles. The van der Waals surface area contributed by atoms with E-state index in [1.54, 1.807) is 4.90 Å². The highest BCUT2D eigenvalue weighted by atomic mass is 32.1. The van der Waals surface area contributed by atoms with E-state index in [1.807, 2.05) is 13.8 Å². The van der Waals surface area contributed by atoms with E-state index in [2.05, 4.69) is 12.6 Å². The number of carbonyl (C=O) groups excluding carboxylic acids is 1. The predicted molar refractivity (Wildman–Crippen MR) is 69.6 cm³/mol. The fourth-order valence-corrected chi connectivity index (χ4v) is 2.21. The third kappa shape index (κ3) is 2.67. The van der Waals surface area contributed by atoms with Crippen molar-refractivity contribution in [3.63, 3.8) is 0 Å². The lowest BCUT2D eigenvalue weighted by molar-refractivity contribution is -0.0387. The highest BCUT2D eigenvalue weighted by Crippen LogP contribution is 2.19. The van der Waals surface area contributed by atoms with Gasteiger partial charge in [0.05, 0.1) is 18.8 Å². The Balaban J connectivity index is 2.21. The van der Waals surface area contributed by atoms with Gasteiger partial charge in [0.2, 0.25) is 0 Å². The van der Waals surface area contributed by atoms with Gasteiger partial charge < -0.3 is 9.64 Å². The second kappa shape index (κ2) is 5.28. The molecule has 1 aliphatic heterocycles. The first kappa shape index (κ1) is 13.4. The van der Waals surface area contributed by atoms with Crippen molar-refractivity contribution in [2.24, 2.45) is 0 Å². The number of benzene rings is 1. The lowest BCUT2D eigenvalue weighted by atomic mass is 10.1. The van der Waals surface area contributed by atoms with Crippen molar-refractivity contribution in [3.05, 3.63) is 29.6 Å². The van der Waals surface area contributed by atoms with Gasteiger partial charge in [-0.25, -0.2) is 4.39 Å². The summed E-state index contributed by atoms with van der Waals surface area (Å²) < 4.78 is 18.6. The van der Waals surface area contributed by atoms with E-state index in [1.165, 1.54) is 18.2 Å². The molecule has 0 spiro atoms. The van der Waals surface area contributed by atoms with Gasteiger partial charge in [-0.3, -0.25) is 4.79 Å². The lowest BCUT2D eigenvalue weighted by Gasteiger charge is -2.36. The molecule has 5 heteroatoms. The Labute approximate surface area is 111 Å². The first-order chi connectivity index (χ1) is 8.49. The molecule has 0 saturated carbocycles. The molecule has 0 bridgehead atoms. The summed E-state index contributed by atoms with van der Waals surface area (Å²) in [5.74, 6) is -0.522. The SMILES string of the molecule is CC1CN(C(=O)c2ccc(F)c(S)c2)C(C)CO1. The lowest BCUT2D eigenvalue weighted by Crippen LogP contribution is -2.50. The quantitative estimate of drug-likeness (QED) is 0.793. The van der Waals surface area contributed by atoms with Crippen LogP contribution in [0, 0.1) is 5.82 Å². The van der Waals surface area contributed by atoms with E-state index in [4.69, 9.17) is 4.74 Å². The molecule has 1 heterocycles. The Morgan fingerprint density at radius 1 is 1.50 bits per heavy atom. The van der Waals surface area contributed by atoms with Crippen LogP contribution in [0.2, 0.25) is 0 Å². The van der Waals surface area contributed by atoms with Crippen LogP contribution in [0.1, 0.15) is 24.2 Å². The van der Waals surface area contributed by atoms with Crippen molar-refractivity contribution >= 4 is 18.5 Å². The molecule has 98 valence electrons. The molecular weight excluding hydrogens is 253 g/mol. The Bertz CT molecular complexity index is 466. The number of amides is 1. The maximum Gasteiger partial charge on any atom is 0.254 e. The Hall–Kier alpha value is -1.07. The van der Waals surface area contributed by atoms with Gasteiger partial charge in [-0.2, -0.15) is 0 Å². The van der Waals surface area contributed by atoms with Gasteiger partial charge in [0.1, 0.15) is 5.82 Å². The van der Waals surface area contributed by atoms with E-state index < -0.39 is 5.82 Å². The summed E-state index contributed by atoms with van der Waals surface area (Å²) in [6, 6.07) is 4.25. The fraction of sp³-hybridized carbons (Fsp3) is 0.462. The second-order valence-electron chi connectivity index (χ2n) is 4.62. The monoisotopic (exact) mass is 269 g/mol. The van der Waals surface area contributed by atoms with Crippen molar-refractivity contribution in [2.45, 2.75) is 30.9 Å². The largest absolute Gasteiger partial charge is 0.375 e. The summed E-state index contributed by atoms with van der Waals surface area (Å²) in [6.07, 6.45) is 0.0288.